The molecule has 0 saturated heterocycles. The van der Waals surface area contributed by atoms with Crippen molar-refractivity contribution in [1.82, 2.24) is 3.96 Å². The molecule has 0 spiro atoms. The molecule has 0 fully saturated rings. The van der Waals surface area contributed by atoms with Gasteiger partial charge in [-0.15, -0.1) is 0 Å². The first kappa shape index (κ1) is 18.0. The standard InChI is InChI=1S/C25H21NO2S/c1-25(2,3)26-23(27)15-22(29-26)17-13-11-16(12-14-17)18-8-6-9-20-19-7-4-5-10-21(19)28-24(18)20/h4-15H,1-3H3. The summed E-state index contributed by atoms with van der Waals surface area (Å²) in [7, 11) is 0. The van der Waals surface area contributed by atoms with Gasteiger partial charge in [0, 0.05) is 22.4 Å². The third kappa shape index (κ3) is 3.00. The second-order valence-corrected chi connectivity index (χ2v) is 9.25. The van der Waals surface area contributed by atoms with Crippen LogP contribution in [0.2, 0.25) is 0 Å². The van der Waals surface area contributed by atoms with Crippen molar-refractivity contribution in [1.29, 1.82) is 0 Å². The highest BCUT2D eigenvalue weighted by Gasteiger charge is 2.18. The number of aromatic nitrogens is 1. The fraction of sp³-hybridized carbons (Fsp3) is 0.160. The number of benzene rings is 3. The van der Waals surface area contributed by atoms with E-state index < -0.39 is 0 Å². The van der Waals surface area contributed by atoms with E-state index in [1.165, 1.54) is 11.5 Å². The van der Waals surface area contributed by atoms with Gasteiger partial charge in [0.15, 0.2) is 0 Å². The molecule has 0 bridgehead atoms. The van der Waals surface area contributed by atoms with Crippen molar-refractivity contribution in [2.24, 2.45) is 0 Å². The zero-order chi connectivity index (χ0) is 20.2. The Morgan fingerprint density at radius 2 is 1.52 bits per heavy atom. The normalized spacial score (nSPS) is 12.1. The van der Waals surface area contributed by atoms with Crippen molar-refractivity contribution in [3.63, 3.8) is 0 Å². The van der Waals surface area contributed by atoms with E-state index in [2.05, 4.69) is 48.5 Å². The summed E-state index contributed by atoms with van der Waals surface area (Å²) in [6.07, 6.45) is 0. The number of furan rings is 1. The van der Waals surface area contributed by atoms with Crippen molar-refractivity contribution >= 4 is 33.5 Å². The lowest BCUT2D eigenvalue weighted by Gasteiger charge is -2.18. The molecule has 0 aliphatic heterocycles. The number of rotatable bonds is 2. The van der Waals surface area contributed by atoms with Gasteiger partial charge in [0.05, 0.1) is 10.4 Å². The van der Waals surface area contributed by atoms with Crippen LogP contribution in [0.3, 0.4) is 0 Å². The van der Waals surface area contributed by atoms with Crippen molar-refractivity contribution in [3.05, 3.63) is 83.2 Å². The van der Waals surface area contributed by atoms with Crippen LogP contribution in [0.25, 0.3) is 43.5 Å². The Hall–Kier alpha value is -3.11. The van der Waals surface area contributed by atoms with Gasteiger partial charge in [-0.25, -0.2) is 0 Å². The Morgan fingerprint density at radius 3 is 2.24 bits per heavy atom. The number of para-hydroxylation sites is 2. The molecule has 3 nitrogen and oxygen atoms in total. The minimum Gasteiger partial charge on any atom is -0.455 e. The fourth-order valence-electron chi connectivity index (χ4n) is 3.73. The molecule has 0 aliphatic rings. The molecule has 5 aromatic rings. The van der Waals surface area contributed by atoms with Gasteiger partial charge in [0.25, 0.3) is 5.56 Å². The van der Waals surface area contributed by atoms with Gasteiger partial charge in [-0.3, -0.25) is 8.75 Å². The summed E-state index contributed by atoms with van der Waals surface area (Å²) in [6, 6.07) is 24.5. The Morgan fingerprint density at radius 1 is 0.828 bits per heavy atom. The lowest BCUT2D eigenvalue weighted by atomic mass is 10.0. The first-order valence-corrected chi connectivity index (χ1v) is 10.4. The third-order valence-electron chi connectivity index (χ3n) is 5.14. The van der Waals surface area contributed by atoms with Crippen LogP contribution in [-0.2, 0) is 5.54 Å². The molecular formula is C25H21NO2S. The van der Waals surface area contributed by atoms with E-state index in [4.69, 9.17) is 4.42 Å². The maximum atomic E-state index is 12.3. The summed E-state index contributed by atoms with van der Waals surface area (Å²) in [5, 5.41) is 2.26. The van der Waals surface area contributed by atoms with E-state index in [1.807, 2.05) is 42.9 Å². The summed E-state index contributed by atoms with van der Waals surface area (Å²) < 4.78 is 7.99. The van der Waals surface area contributed by atoms with Crippen LogP contribution in [0.5, 0.6) is 0 Å². The summed E-state index contributed by atoms with van der Waals surface area (Å²) in [4.78, 5) is 13.3. The molecule has 5 rings (SSSR count). The Bertz CT molecular complexity index is 1400. The molecule has 0 amide bonds. The van der Waals surface area contributed by atoms with Crippen LogP contribution >= 0.6 is 11.5 Å². The summed E-state index contributed by atoms with van der Waals surface area (Å²) in [5.41, 5.74) is 4.87. The SMILES string of the molecule is CC(C)(C)n1sc(-c2ccc(-c3cccc4c3oc3ccccc34)cc2)cc1=O. The van der Waals surface area contributed by atoms with E-state index in [0.29, 0.717) is 0 Å². The number of fused-ring (bicyclic) bond motifs is 3. The molecular weight excluding hydrogens is 378 g/mol. The van der Waals surface area contributed by atoms with E-state index in [1.54, 1.807) is 6.07 Å². The van der Waals surface area contributed by atoms with Crippen LogP contribution in [0.1, 0.15) is 20.8 Å². The van der Waals surface area contributed by atoms with Crippen LogP contribution in [-0.4, -0.2) is 3.96 Å². The van der Waals surface area contributed by atoms with E-state index in [9.17, 15) is 4.79 Å². The zero-order valence-corrected chi connectivity index (χ0v) is 17.4. The first-order valence-electron chi connectivity index (χ1n) is 9.67. The fourth-order valence-corrected chi connectivity index (χ4v) is 4.74. The average molecular weight is 400 g/mol. The predicted octanol–water partition coefficient (Wildman–Crippen LogP) is 6.90. The molecule has 0 saturated carbocycles. The van der Waals surface area contributed by atoms with E-state index in [0.717, 1.165) is 43.5 Å². The van der Waals surface area contributed by atoms with Gasteiger partial charge in [0.1, 0.15) is 11.2 Å². The maximum absolute atomic E-state index is 12.3. The largest absolute Gasteiger partial charge is 0.455 e. The Kier molecular flexibility index (Phi) is 4.00. The maximum Gasteiger partial charge on any atom is 0.261 e. The Balaban J connectivity index is 1.59. The third-order valence-corrected chi connectivity index (χ3v) is 6.60. The highest BCUT2D eigenvalue weighted by atomic mass is 32.1. The Labute approximate surface area is 173 Å². The van der Waals surface area contributed by atoms with Crippen LogP contribution in [0.15, 0.2) is 82.0 Å². The smallest absolute Gasteiger partial charge is 0.261 e. The summed E-state index contributed by atoms with van der Waals surface area (Å²) in [6.45, 7) is 6.14. The molecule has 0 N–H and O–H groups in total. The summed E-state index contributed by atoms with van der Waals surface area (Å²) >= 11 is 1.51. The number of nitrogens with zero attached hydrogens (tertiary/aromatic N) is 1. The quantitative estimate of drug-likeness (QED) is 0.324. The number of hydrogen-bond donors (Lipinski definition) is 0. The highest BCUT2D eigenvalue weighted by molar-refractivity contribution is 7.10. The van der Waals surface area contributed by atoms with Gasteiger partial charge in [-0.1, -0.05) is 72.2 Å². The van der Waals surface area contributed by atoms with Crippen LogP contribution in [0, 0.1) is 0 Å². The number of hydrogen-bond acceptors (Lipinski definition) is 3. The lowest BCUT2D eigenvalue weighted by molar-refractivity contribution is 0.419. The van der Waals surface area contributed by atoms with Crippen molar-refractivity contribution < 1.29 is 4.42 Å². The van der Waals surface area contributed by atoms with Gasteiger partial charge < -0.3 is 4.42 Å². The first-order chi connectivity index (χ1) is 13.9. The second kappa shape index (κ2) is 6.46. The molecule has 4 heteroatoms. The molecule has 29 heavy (non-hydrogen) atoms. The molecule has 0 atom stereocenters. The van der Waals surface area contributed by atoms with Crippen molar-refractivity contribution in [3.8, 4) is 21.6 Å². The molecule has 2 heterocycles. The minimum atomic E-state index is -0.211. The van der Waals surface area contributed by atoms with Crippen molar-refractivity contribution in [2.45, 2.75) is 26.3 Å². The van der Waals surface area contributed by atoms with Gasteiger partial charge in [-0.2, -0.15) is 0 Å². The average Bonchev–Trinajstić information content (AvgIpc) is 3.28. The highest BCUT2D eigenvalue weighted by Crippen LogP contribution is 2.36. The van der Waals surface area contributed by atoms with Crippen molar-refractivity contribution in [2.75, 3.05) is 0 Å². The molecule has 0 radical (unpaired) electrons. The lowest BCUT2D eigenvalue weighted by Crippen LogP contribution is -2.28. The monoisotopic (exact) mass is 399 g/mol. The molecule has 0 unspecified atom stereocenters. The van der Waals surface area contributed by atoms with E-state index >= 15 is 0 Å². The van der Waals surface area contributed by atoms with Gasteiger partial charge >= 0.3 is 0 Å². The van der Waals surface area contributed by atoms with E-state index in [-0.39, 0.29) is 11.1 Å². The van der Waals surface area contributed by atoms with Gasteiger partial charge in [0.2, 0.25) is 0 Å². The zero-order valence-electron chi connectivity index (χ0n) is 16.6. The summed E-state index contributed by atoms with van der Waals surface area (Å²) in [5.74, 6) is 0. The van der Waals surface area contributed by atoms with Crippen LogP contribution < -0.4 is 5.56 Å². The second-order valence-electron chi connectivity index (χ2n) is 8.26. The minimum absolute atomic E-state index is 0.0496. The van der Waals surface area contributed by atoms with Crippen LogP contribution in [0.4, 0.5) is 0 Å². The molecule has 2 aromatic heterocycles. The topological polar surface area (TPSA) is 35.1 Å². The molecule has 0 aliphatic carbocycles. The molecule has 3 aromatic carbocycles. The van der Waals surface area contributed by atoms with Gasteiger partial charge in [-0.05, 0) is 38.0 Å². The predicted molar refractivity (Wildman–Crippen MR) is 122 cm³/mol. The molecule has 144 valence electrons.